The van der Waals surface area contributed by atoms with Gasteiger partial charge in [0.1, 0.15) is 12.1 Å². The minimum Gasteiger partial charge on any atom is -0.379 e. The number of hydrogen-bond donors (Lipinski definition) is 2. The van der Waals surface area contributed by atoms with Crippen LogP contribution in [0.4, 0.5) is 11.4 Å². The molecule has 0 saturated heterocycles. The van der Waals surface area contributed by atoms with Crippen LogP contribution in [0.15, 0.2) is 42.5 Å². The first-order chi connectivity index (χ1) is 10.9. The van der Waals surface area contributed by atoms with E-state index < -0.39 is 10.0 Å². The predicted octanol–water partition coefficient (Wildman–Crippen LogP) is 2.41. The van der Waals surface area contributed by atoms with Crippen LogP contribution in [0.25, 0.3) is 0 Å². The van der Waals surface area contributed by atoms with Gasteiger partial charge in [-0.3, -0.25) is 4.72 Å². The zero-order valence-corrected chi connectivity index (χ0v) is 13.2. The summed E-state index contributed by atoms with van der Waals surface area (Å²) in [7, 11) is -3.34. The summed E-state index contributed by atoms with van der Waals surface area (Å²) in [4.78, 5) is 0. The van der Waals surface area contributed by atoms with Gasteiger partial charge < -0.3 is 5.32 Å². The Morgan fingerprint density at radius 1 is 1.04 bits per heavy atom. The lowest BCUT2D eigenvalue weighted by molar-refractivity contribution is 0.607. The molecule has 2 N–H and O–H groups in total. The van der Waals surface area contributed by atoms with Gasteiger partial charge in [-0.2, -0.15) is 10.5 Å². The van der Waals surface area contributed by atoms with Gasteiger partial charge in [0.25, 0.3) is 0 Å². The van der Waals surface area contributed by atoms with Crippen LogP contribution in [-0.4, -0.2) is 14.7 Å². The highest BCUT2D eigenvalue weighted by atomic mass is 32.2. The van der Waals surface area contributed by atoms with Crippen molar-refractivity contribution in [2.75, 3.05) is 16.3 Å². The van der Waals surface area contributed by atoms with E-state index in [1.54, 1.807) is 36.4 Å². The number of benzene rings is 2. The number of nitrogens with one attached hydrogen (secondary N) is 2. The van der Waals surface area contributed by atoms with Crippen LogP contribution >= 0.6 is 0 Å². The summed E-state index contributed by atoms with van der Waals surface area (Å²) in [5, 5.41) is 21.3. The van der Waals surface area contributed by atoms with Crippen molar-refractivity contribution in [3.05, 3.63) is 59.2 Å². The van der Waals surface area contributed by atoms with E-state index in [1.165, 1.54) is 0 Å². The second-order valence-corrected chi connectivity index (χ2v) is 6.63. The smallest absolute Gasteiger partial charge is 0.229 e. The van der Waals surface area contributed by atoms with Crippen molar-refractivity contribution in [1.82, 2.24) is 0 Å². The molecule has 0 aliphatic heterocycles. The van der Waals surface area contributed by atoms with E-state index in [0.717, 1.165) is 11.8 Å². The number of hydrogen-bond acceptors (Lipinski definition) is 5. The van der Waals surface area contributed by atoms with Crippen LogP contribution in [0, 0.1) is 22.7 Å². The normalized spacial score (nSPS) is 10.4. The molecule has 0 heterocycles. The summed E-state index contributed by atoms with van der Waals surface area (Å²) >= 11 is 0. The number of nitriles is 2. The highest BCUT2D eigenvalue weighted by Crippen LogP contribution is 2.21. The molecular weight excluding hydrogens is 312 g/mol. The van der Waals surface area contributed by atoms with Crippen molar-refractivity contribution in [2.24, 2.45) is 0 Å². The first-order valence-electron chi connectivity index (χ1n) is 6.67. The summed E-state index contributed by atoms with van der Waals surface area (Å²) in [6.45, 7) is 0.354. The summed E-state index contributed by atoms with van der Waals surface area (Å²) in [6.07, 6.45) is 1.08. The minimum atomic E-state index is -3.34. The monoisotopic (exact) mass is 326 g/mol. The van der Waals surface area contributed by atoms with E-state index in [4.69, 9.17) is 10.5 Å². The summed E-state index contributed by atoms with van der Waals surface area (Å²) < 4.78 is 24.9. The minimum absolute atomic E-state index is 0.354. The van der Waals surface area contributed by atoms with Gasteiger partial charge in [-0.25, -0.2) is 8.42 Å². The number of sulfonamides is 1. The number of rotatable bonds is 5. The maximum Gasteiger partial charge on any atom is 0.229 e. The molecule has 0 aliphatic rings. The van der Waals surface area contributed by atoms with Crippen LogP contribution in [-0.2, 0) is 16.6 Å². The average molecular weight is 326 g/mol. The lowest BCUT2D eigenvalue weighted by atomic mass is 10.1. The molecule has 0 amide bonds. The Hall–Kier alpha value is -3.03. The quantitative estimate of drug-likeness (QED) is 0.877. The average Bonchev–Trinajstić information content (AvgIpc) is 2.51. The third-order valence-electron chi connectivity index (χ3n) is 3.00. The molecule has 23 heavy (non-hydrogen) atoms. The van der Waals surface area contributed by atoms with Gasteiger partial charge in [0.05, 0.1) is 23.1 Å². The topological polar surface area (TPSA) is 106 Å². The predicted molar refractivity (Wildman–Crippen MR) is 88.1 cm³/mol. The Bertz CT molecular complexity index is 876. The molecule has 0 atom stereocenters. The fourth-order valence-electron chi connectivity index (χ4n) is 2.08. The van der Waals surface area contributed by atoms with Gasteiger partial charge in [-0.05, 0) is 29.8 Å². The number of para-hydroxylation sites is 1. The van der Waals surface area contributed by atoms with E-state index in [0.29, 0.717) is 29.0 Å². The molecule has 0 bridgehead atoms. The van der Waals surface area contributed by atoms with E-state index in [-0.39, 0.29) is 0 Å². The van der Waals surface area contributed by atoms with E-state index in [2.05, 4.69) is 10.0 Å². The van der Waals surface area contributed by atoms with Crippen LogP contribution < -0.4 is 10.0 Å². The van der Waals surface area contributed by atoms with Crippen LogP contribution in [0.5, 0.6) is 0 Å². The van der Waals surface area contributed by atoms with Crippen molar-refractivity contribution in [1.29, 1.82) is 10.5 Å². The van der Waals surface area contributed by atoms with Crippen LogP contribution in [0.3, 0.4) is 0 Å². The van der Waals surface area contributed by atoms with Gasteiger partial charge in [-0.1, -0.05) is 18.2 Å². The Labute approximate surface area is 135 Å². The van der Waals surface area contributed by atoms with Gasteiger partial charge in [0.2, 0.25) is 10.0 Å². The largest absolute Gasteiger partial charge is 0.379 e. The number of anilines is 2. The molecule has 0 fully saturated rings. The highest BCUT2D eigenvalue weighted by Gasteiger charge is 2.08. The standard InChI is InChI=1S/C16H14N4O2S/c1-23(21,22)20-15-7-2-4-12(8-15)11-19-16-13(9-17)5-3-6-14(16)10-18/h2-8,19-20H,11H2,1H3. The molecule has 116 valence electrons. The van der Waals surface area contributed by atoms with E-state index in [1.807, 2.05) is 18.2 Å². The van der Waals surface area contributed by atoms with Crippen LogP contribution in [0.1, 0.15) is 16.7 Å². The van der Waals surface area contributed by atoms with E-state index in [9.17, 15) is 8.42 Å². The number of nitrogens with zero attached hydrogens (tertiary/aromatic N) is 2. The molecule has 7 heteroatoms. The Morgan fingerprint density at radius 2 is 1.65 bits per heavy atom. The molecule has 2 rings (SSSR count). The molecule has 2 aromatic carbocycles. The van der Waals surface area contributed by atoms with Crippen molar-refractivity contribution in [3.8, 4) is 12.1 Å². The fraction of sp³-hybridized carbons (Fsp3) is 0.125. The molecule has 0 saturated carbocycles. The molecular formula is C16H14N4O2S. The second kappa shape index (κ2) is 6.82. The van der Waals surface area contributed by atoms with Crippen molar-refractivity contribution >= 4 is 21.4 Å². The van der Waals surface area contributed by atoms with Crippen molar-refractivity contribution in [2.45, 2.75) is 6.54 Å². The second-order valence-electron chi connectivity index (χ2n) is 4.88. The molecule has 2 aromatic rings. The highest BCUT2D eigenvalue weighted by molar-refractivity contribution is 7.92. The molecule has 0 aromatic heterocycles. The zero-order valence-electron chi connectivity index (χ0n) is 12.4. The third kappa shape index (κ3) is 4.47. The van der Waals surface area contributed by atoms with Gasteiger partial charge >= 0.3 is 0 Å². The maximum absolute atomic E-state index is 11.3. The first-order valence-corrected chi connectivity index (χ1v) is 8.56. The SMILES string of the molecule is CS(=O)(=O)Nc1cccc(CNc2c(C#N)cccc2C#N)c1. The lowest BCUT2D eigenvalue weighted by Gasteiger charge is -2.11. The van der Waals surface area contributed by atoms with E-state index >= 15 is 0 Å². The summed E-state index contributed by atoms with van der Waals surface area (Å²) in [6, 6.07) is 15.9. The van der Waals surface area contributed by atoms with Gasteiger partial charge in [-0.15, -0.1) is 0 Å². The van der Waals surface area contributed by atoms with Gasteiger partial charge in [0.15, 0.2) is 0 Å². The summed E-state index contributed by atoms with van der Waals surface area (Å²) in [5.41, 5.74) is 2.51. The Kier molecular flexibility index (Phi) is 4.85. The molecule has 0 spiro atoms. The van der Waals surface area contributed by atoms with Crippen molar-refractivity contribution < 1.29 is 8.42 Å². The maximum atomic E-state index is 11.3. The summed E-state index contributed by atoms with van der Waals surface area (Å²) in [5.74, 6) is 0. The molecule has 0 unspecified atom stereocenters. The fourth-order valence-corrected chi connectivity index (χ4v) is 2.63. The van der Waals surface area contributed by atoms with Crippen molar-refractivity contribution in [3.63, 3.8) is 0 Å². The Morgan fingerprint density at radius 3 is 2.22 bits per heavy atom. The molecule has 0 aliphatic carbocycles. The third-order valence-corrected chi connectivity index (χ3v) is 3.61. The molecule has 6 nitrogen and oxygen atoms in total. The lowest BCUT2D eigenvalue weighted by Crippen LogP contribution is -2.10. The first kappa shape index (κ1) is 16.3. The zero-order chi connectivity index (χ0) is 16.9. The van der Waals surface area contributed by atoms with Gasteiger partial charge in [0, 0.05) is 12.2 Å². The Balaban J connectivity index is 2.21. The van der Waals surface area contributed by atoms with Crippen LogP contribution in [0.2, 0.25) is 0 Å². The molecule has 0 radical (unpaired) electrons.